The molecule has 0 bridgehead atoms. The number of aromatic nitrogens is 1. The van der Waals surface area contributed by atoms with Crippen LogP contribution in [0.1, 0.15) is 35.5 Å². The van der Waals surface area contributed by atoms with Crippen LogP contribution in [0.25, 0.3) is 22.0 Å². The molecule has 45 heavy (non-hydrogen) atoms. The molecule has 0 fully saturated rings. The van der Waals surface area contributed by atoms with Crippen molar-refractivity contribution in [3.63, 3.8) is 0 Å². The predicted octanol–water partition coefficient (Wildman–Crippen LogP) is 6.39. The summed E-state index contributed by atoms with van der Waals surface area (Å²) in [4.78, 5) is 30.5. The summed E-state index contributed by atoms with van der Waals surface area (Å²) in [5.74, 6) is -0.577. The third-order valence-electron chi connectivity index (χ3n) is 8.50. The van der Waals surface area contributed by atoms with Crippen molar-refractivity contribution in [3.05, 3.63) is 89.6 Å². The fourth-order valence-electron chi connectivity index (χ4n) is 5.93. The Hall–Kier alpha value is -4.35. The molecular formula is C34H37F3N4O4. The fraction of sp³-hybridized carbons (Fsp3) is 0.353. The zero-order valence-electron chi connectivity index (χ0n) is 25.6. The first-order valence-corrected chi connectivity index (χ1v) is 14.8. The van der Waals surface area contributed by atoms with Gasteiger partial charge in [0, 0.05) is 49.6 Å². The van der Waals surface area contributed by atoms with Gasteiger partial charge in [0.25, 0.3) is 5.91 Å². The summed E-state index contributed by atoms with van der Waals surface area (Å²) in [7, 11) is 3.35. The van der Waals surface area contributed by atoms with Crippen molar-refractivity contribution in [3.8, 4) is 11.1 Å². The van der Waals surface area contributed by atoms with Crippen molar-refractivity contribution in [2.24, 2.45) is 13.0 Å². The third-order valence-corrected chi connectivity index (χ3v) is 8.50. The molecule has 0 unspecified atom stereocenters. The molecule has 0 spiro atoms. The Morgan fingerprint density at radius 1 is 1.09 bits per heavy atom. The summed E-state index contributed by atoms with van der Waals surface area (Å²) in [6, 6.07) is 19.0. The number of aryl methyl sites for hydroxylation is 1. The second-order valence-electron chi connectivity index (χ2n) is 11.6. The van der Waals surface area contributed by atoms with Gasteiger partial charge in [-0.15, -0.1) is 0 Å². The zero-order chi connectivity index (χ0) is 32.5. The van der Waals surface area contributed by atoms with Crippen molar-refractivity contribution < 1.29 is 32.6 Å². The number of para-hydroxylation sites is 2. The highest BCUT2D eigenvalue weighted by molar-refractivity contribution is 6.10. The van der Waals surface area contributed by atoms with E-state index in [0.717, 1.165) is 33.7 Å². The van der Waals surface area contributed by atoms with E-state index in [4.69, 9.17) is 4.74 Å². The van der Waals surface area contributed by atoms with Gasteiger partial charge in [0.1, 0.15) is 5.69 Å². The number of hydrogen-bond donors (Lipinski definition) is 2. The van der Waals surface area contributed by atoms with Crippen LogP contribution in [-0.2, 0) is 24.6 Å². The van der Waals surface area contributed by atoms with Gasteiger partial charge in [-0.1, -0.05) is 61.5 Å². The highest BCUT2D eigenvalue weighted by Crippen LogP contribution is 2.39. The summed E-state index contributed by atoms with van der Waals surface area (Å²) >= 11 is 0. The minimum Gasteiger partial charge on any atom is -0.394 e. The van der Waals surface area contributed by atoms with Gasteiger partial charge >= 0.3 is 12.2 Å². The number of amides is 3. The largest absolute Gasteiger partial charge is 0.418 e. The molecule has 3 amide bonds. The number of urea groups is 1. The van der Waals surface area contributed by atoms with Crippen LogP contribution in [0, 0.1) is 5.92 Å². The van der Waals surface area contributed by atoms with Crippen molar-refractivity contribution >= 4 is 28.5 Å². The molecular weight excluding hydrogens is 585 g/mol. The number of aliphatic hydroxyl groups is 1. The average molecular weight is 623 g/mol. The number of carbonyl (C=O) groups is 2. The maximum absolute atomic E-state index is 14.5. The standard InChI is InChI=1S/C34H37F3N4O4/c1-21-17-41(22(2)19-42)32(43)31-30(25-13-7-10-16-28(25)40(31)4)24-12-6-5-11-23(24)20-45-29(21)18-39(3)33(44)38-27-15-9-8-14-26(27)34(35,36)37/h5-16,21-22,29,42H,17-20H2,1-4H3,(H,38,44)/t21-,22+,29-/m1/s1. The normalized spacial score (nSPS) is 18.1. The first kappa shape index (κ1) is 32.1. The lowest BCUT2D eigenvalue weighted by molar-refractivity contribution is -0.136. The molecule has 0 saturated heterocycles. The van der Waals surface area contributed by atoms with Crippen LogP contribution in [-0.4, -0.2) is 70.3 Å². The molecule has 2 heterocycles. The van der Waals surface area contributed by atoms with Crippen molar-refractivity contribution in [1.82, 2.24) is 14.4 Å². The topological polar surface area (TPSA) is 87.0 Å². The Bertz CT molecular complexity index is 1700. The number of rotatable bonds is 5. The van der Waals surface area contributed by atoms with Crippen LogP contribution in [0.5, 0.6) is 0 Å². The molecule has 2 N–H and O–H groups in total. The number of halogens is 3. The van der Waals surface area contributed by atoms with Gasteiger partial charge < -0.3 is 29.5 Å². The van der Waals surface area contributed by atoms with E-state index in [1.807, 2.05) is 67.1 Å². The Morgan fingerprint density at radius 2 is 1.76 bits per heavy atom. The molecule has 0 radical (unpaired) electrons. The first-order valence-electron chi connectivity index (χ1n) is 14.8. The molecule has 0 saturated carbocycles. The smallest absolute Gasteiger partial charge is 0.394 e. The van der Waals surface area contributed by atoms with E-state index in [1.165, 1.54) is 30.1 Å². The van der Waals surface area contributed by atoms with Crippen molar-refractivity contribution in [2.75, 3.05) is 32.1 Å². The molecule has 8 nitrogen and oxygen atoms in total. The quantitative estimate of drug-likeness (QED) is 0.270. The predicted molar refractivity (Wildman–Crippen MR) is 167 cm³/mol. The lowest BCUT2D eigenvalue weighted by atomic mass is 9.96. The highest BCUT2D eigenvalue weighted by Gasteiger charge is 2.36. The fourth-order valence-corrected chi connectivity index (χ4v) is 5.93. The molecule has 1 aliphatic rings. The Kier molecular flexibility index (Phi) is 9.22. The molecule has 5 rings (SSSR count). The molecule has 0 aliphatic carbocycles. The minimum atomic E-state index is -4.63. The number of ether oxygens (including phenoxy) is 1. The molecule has 1 aliphatic heterocycles. The number of alkyl halides is 3. The number of nitrogens with zero attached hydrogens (tertiary/aromatic N) is 3. The van der Waals surface area contributed by atoms with Gasteiger partial charge in [-0.3, -0.25) is 4.79 Å². The number of benzene rings is 3. The van der Waals surface area contributed by atoms with Crippen LogP contribution in [0.15, 0.2) is 72.8 Å². The first-order chi connectivity index (χ1) is 21.4. The van der Waals surface area contributed by atoms with E-state index in [0.29, 0.717) is 5.69 Å². The molecule has 3 atom stereocenters. The van der Waals surface area contributed by atoms with E-state index >= 15 is 0 Å². The highest BCUT2D eigenvalue weighted by atomic mass is 19.4. The van der Waals surface area contributed by atoms with Gasteiger partial charge in [-0.2, -0.15) is 13.2 Å². The van der Waals surface area contributed by atoms with Crippen LogP contribution >= 0.6 is 0 Å². The zero-order valence-corrected chi connectivity index (χ0v) is 25.6. The number of anilines is 1. The lowest BCUT2D eigenvalue weighted by Crippen LogP contribution is -2.48. The maximum atomic E-state index is 14.5. The number of nitrogens with one attached hydrogen (secondary N) is 1. The number of aliphatic hydroxyl groups excluding tert-OH is 1. The lowest BCUT2D eigenvalue weighted by Gasteiger charge is -2.35. The molecule has 3 aromatic carbocycles. The number of hydrogen-bond acceptors (Lipinski definition) is 4. The second-order valence-corrected chi connectivity index (χ2v) is 11.6. The summed E-state index contributed by atoms with van der Waals surface area (Å²) in [6.45, 7) is 3.81. The minimum absolute atomic E-state index is 0.0365. The van der Waals surface area contributed by atoms with Gasteiger partial charge in [-0.05, 0) is 36.2 Å². The van der Waals surface area contributed by atoms with E-state index in [-0.39, 0.29) is 43.8 Å². The molecule has 238 valence electrons. The van der Waals surface area contributed by atoms with Gasteiger partial charge in [-0.25, -0.2) is 4.79 Å². The van der Waals surface area contributed by atoms with E-state index in [1.54, 1.807) is 11.8 Å². The van der Waals surface area contributed by atoms with Crippen molar-refractivity contribution in [1.29, 1.82) is 0 Å². The summed E-state index contributed by atoms with van der Waals surface area (Å²) < 4.78 is 49.0. The SMILES string of the molecule is C[C@@H]1CN([C@@H](C)CO)C(=O)c2c(c3ccccc3n2C)-c2ccccc2CO[C@@H]1CN(C)C(=O)Nc1ccccc1C(F)(F)F. The Labute approximate surface area is 260 Å². The number of likely N-dealkylation sites (N-methyl/N-ethyl adjacent to an activating group) is 1. The Morgan fingerprint density at radius 3 is 2.49 bits per heavy atom. The van der Waals surface area contributed by atoms with Crippen LogP contribution in [0.3, 0.4) is 0 Å². The van der Waals surface area contributed by atoms with Gasteiger partial charge in [0.15, 0.2) is 0 Å². The van der Waals surface area contributed by atoms with Crippen LogP contribution < -0.4 is 5.32 Å². The van der Waals surface area contributed by atoms with E-state index in [9.17, 15) is 27.9 Å². The summed E-state index contributed by atoms with van der Waals surface area (Å²) in [5.41, 5.74) is 2.55. The second kappa shape index (κ2) is 12.9. The van der Waals surface area contributed by atoms with Crippen LogP contribution in [0.2, 0.25) is 0 Å². The van der Waals surface area contributed by atoms with Gasteiger partial charge in [0.2, 0.25) is 0 Å². The summed E-state index contributed by atoms with van der Waals surface area (Å²) in [6.07, 6.45) is -5.24. The third kappa shape index (κ3) is 6.41. The molecule has 11 heteroatoms. The van der Waals surface area contributed by atoms with Gasteiger partial charge in [0.05, 0.1) is 36.6 Å². The van der Waals surface area contributed by atoms with Crippen LogP contribution in [0.4, 0.5) is 23.7 Å². The average Bonchev–Trinajstić information content (AvgIpc) is 3.31. The van der Waals surface area contributed by atoms with E-state index in [2.05, 4.69) is 5.32 Å². The number of carbonyl (C=O) groups excluding carboxylic acids is 2. The Balaban J connectivity index is 1.51. The van der Waals surface area contributed by atoms with Crippen molar-refractivity contribution in [2.45, 2.75) is 38.8 Å². The molecule has 1 aromatic heterocycles. The number of fused-ring (bicyclic) bond motifs is 5. The monoisotopic (exact) mass is 622 g/mol. The van der Waals surface area contributed by atoms with E-state index < -0.39 is 29.9 Å². The molecule has 4 aromatic rings. The summed E-state index contributed by atoms with van der Waals surface area (Å²) in [5, 5.41) is 13.5. The maximum Gasteiger partial charge on any atom is 0.418 e.